The Balaban J connectivity index is 3.03. The van der Waals surface area contributed by atoms with E-state index in [1.54, 1.807) is 14.2 Å². The van der Waals surface area contributed by atoms with Crippen LogP contribution in [0, 0.1) is 0 Å². The van der Waals surface area contributed by atoms with Crippen LogP contribution in [0.4, 0.5) is 0 Å². The number of hydrogen-bond acceptors (Lipinski definition) is 4. The third-order valence-corrected chi connectivity index (χ3v) is 4.29. The highest BCUT2D eigenvalue weighted by Gasteiger charge is 2.18. The molecule has 0 aliphatic carbocycles. The molecule has 0 amide bonds. The lowest BCUT2D eigenvalue weighted by molar-refractivity contribution is 0.386. The van der Waals surface area contributed by atoms with Gasteiger partial charge in [0.15, 0.2) is 0 Å². The second-order valence-corrected chi connectivity index (χ2v) is 5.90. The Labute approximate surface area is 118 Å². The van der Waals surface area contributed by atoms with Crippen molar-refractivity contribution >= 4 is 10.8 Å². The number of ether oxygens (including phenoxy) is 2. The highest BCUT2D eigenvalue weighted by molar-refractivity contribution is 7.84. The standard InChI is InChI=1S/C14H23NO3S/c1-5-15-13(10-19(16)6-2)12-8-7-11(17-3)9-14(12)18-4/h7-9,13,15H,5-6,10H2,1-4H3. The lowest BCUT2D eigenvalue weighted by atomic mass is 10.1. The van der Waals surface area contributed by atoms with Crippen LogP contribution in [0.15, 0.2) is 18.2 Å². The Hall–Kier alpha value is -1.07. The Morgan fingerprint density at radius 1 is 1.26 bits per heavy atom. The van der Waals surface area contributed by atoms with E-state index in [4.69, 9.17) is 9.47 Å². The molecule has 1 rings (SSSR count). The summed E-state index contributed by atoms with van der Waals surface area (Å²) in [7, 11) is 2.44. The number of nitrogens with one attached hydrogen (secondary N) is 1. The minimum Gasteiger partial charge on any atom is -0.497 e. The molecule has 0 aromatic heterocycles. The smallest absolute Gasteiger partial charge is 0.127 e. The van der Waals surface area contributed by atoms with Crippen molar-refractivity contribution in [3.05, 3.63) is 23.8 Å². The van der Waals surface area contributed by atoms with Crippen molar-refractivity contribution in [2.45, 2.75) is 19.9 Å². The molecule has 0 saturated carbocycles. The molecule has 0 heterocycles. The highest BCUT2D eigenvalue weighted by Crippen LogP contribution is 2.30. The average Bonchev–Trinajstić information content (AvgIpc) is 2.45. The predicted molar refractivity (Wildman–Crippen MR) is 79.5 cm³/mol. The van der Waals surface area contributed by atoms with Gasteiger partial charge in [-0.05, 0) is 12.6 Å². The van der Waals surface area contributed by atoms with Crippen LogP contribution >= 0.6 is 0 Å². The van der Waals surface area contributed by atoms with Gasteiger partial charge in [-0.1, -0.05) is 19.9 Å². The molecule has 0 radical (unpaired) electrons. The Kier molecular flexibility index (Phi) is 6.87. The van der Waals surface area contributed by atoms with Gasteiger partial charge in [0.05, 0.1) is 14.2 Å². The molecule has 0 spiro atoms. The minimum absolute atomic E-state index is 0.0339. The fourth-order valence-electron chi connectivity index (χ4n) is 1.92. The topological polar surface area (TPSA) is 47.6 Å². The molecule has 1 N–H and O–H groups in total. The van der Waals surface area contributed by atoms with E-state index in [1.807, 2.05) is 32.0 Å². The number of hydrogen-bond donors (Lipinski definition) is 1. The van der Waals surface area contributed by atoms with E-state index in [0.717, 1.165) is 23.6 Å². The molecule has 1 aromatic carbocycles. The van der Waals surface area contributed by atoms with E-state index in [9.17, 15) is 4.21 Å². The number of methoxy groups -OCH3 is 2. The van der Waals surface area contributed by atoms with Crippen LogP contribution in [-0.4, -0.2) is 36.5 Å². The van der Waals surface area contributed by atoms with Crippen molar-refractivity contribution < 1.29 is 13.7 Å². The van der Waals surface area contributed by atoms with Crippen LogP contribution in [0.2, 0.25) is 0 Å². The first-order valence-corrected chi connectivity index (χ1v) is 7.95. The molecule has 19 heavy (non-hydrogen) atoms. The highest BCUT2D eigenvalue weighted by atomic mass is 32.2. The van der Waals surface area contributed by atoms with Gasteiger partial charge < -0.3 is 14.8 Å². The molecule has 2 unspecified atom stereocenters. The van der Waals surface area contributed by atoms with Crippen molar-refractivity contribution in [1.29, 1.82) is 0 Å². The second-order valence-electron chi connectivity index (χ2n) is 4.11. The SMILES string of the molecule is CCNC(CS(=O)CC)c1ccc(OC)cc1OC. The normalized spacial score (nSPS) is 13.9. The maximum absolute atomic E-state index is 11.8. The molecular weight excluding hydrogens is 262 g/mol. The summed E-state index contributed by atoms with van der Waals surface area (Å²) < 4.78 is 22.4. The monoisotopic (exact) mass is 285 g/mol. The summed E-state index contributed by atoms with van der Waals surface area (Å²) in [6.07, 6.45) is 0. The van der Waals surface area contributed by atoms with Gasteiger partial charge in [-0.2, -0.15) is 0 Å². The molecule has 5 heteroatoms. The fourth-order valence-corrected chi connectivity index (χ4v) is 2.82. The van der Waals surface area contributed by atoms with Crippen LogP contribution in [0.25, 0.3) is 0 Å². The molecule has 0 aliphatic heterocycles. The average molecular weight is 285 g/mol. The number of rotatable bonds is 8. The van der Waals surface area contributed by atoms with Crippen molar-refractivity contribution in [2.24, 2.45) is 0 Å². The first-order valence-electron chi connectivity index (χ1n) is 6.46. The van der Waals surface area contributed by atoms with E-state index in [1.165, 1.54) is 0 Å². The maximum Gasteiger partial charge on any atom is 0.127 e. The Morgan fingerprint density at radius 3 is 2.53 bits per heavy atom. The summed E-state index contributed by atoms with van der Waals surface area (Å²) in [5.74, 6) is 2.78. The van der Waals surface area contributed by atoms with Crippen LogP contribution in [0.5, 0.6) is 11.5 Å². The zero-order valence-corrected chi connectivity index (χ0v) is 12.9. The summed E-state index contributed by atoms with van der Waals surface area (Å²) in [6, 6.07) is 5.76. The van der Waals surface area contributed by atoms with E-state index >= 15 is 0 Å². The summed E-state index contributed by atoms with van der Waals surface area (Å²) in [5, 5.41) is 3.36. The summed E-state index contributed by atoms with van der Waals surface area (Å²) in [4.78, 5) is 0. The maximum atomic E-state index is 11.8. The zero-order valence-electron chi connectivity index (χ0n) is 12.1. The third kappa shape index (κ3) is 4.51. The van der Waals surface area contributed by atoms with E-state index in [2.05, 4.69) is 5.32 Å². The largest absolute Gasteiger partial charge is 0.497 e. The molecule has 2 atom stereocenters. The van der Waals surface area contributed by atoms with E-state index < -0.39 is 10.8 Å². The van der Waals surface area contributed by atoms with Crippen LogP contribution in [0.3, 0.4) is 0 Å². The van der Waals surface area contributed by atoms with Gasteiger partial charge in [0.2, 0.25) is 0 Å². The molecule has 108 valence electrons. The molecule has 1 aromatic rings. The van der Waals surface area contributed by atoms with Gasteiger partial charge >= 0.3 is 0 Å². The first-order chi connectivity index (χ1) is 9.15. The van der Waals surface area contributed by atoms with Gasteiger partial charge in [-0.25, -0.2) is 0 Å². The predicted octanol–water partition coefficient (Wildman–Crippen LogP) is 2.12. The van der Waals surface area contributed by atoms with Crippen molar-refractivity contribution in [2.75, 3.05) is 32.3 Å². The van der Waals surface area contributed by atoms with Crippen LogP contribution in [0.1, 0.15) is 25.5 Å². The van der Waals surface area contributed by atoms with Crippen molar-refractivity contribution in [1.82, 2.24) is 5.32 Å². The molecule has 0 saturated heterocycles. The molecule has 0 aliphatic rings. The summed E-state index contributed by atoms with van der Waals surface area (Å²) in [5.41, 5.74) is 1.02. The number of benzene rings is 1. The minimum atomic E-state index is -0.826. The van der Waals surface area contributed by atoms with Crippen molar-refractivity contribution in [3.63, 3.8) is 0 Å². The fraction of sp³-hybridized carbons (Fsp3) is 0.571. The van der Waals surface area contributed by atoms with Gasteiger partial charge in [-0.3, -0.25) is 4.21 Å². The molecule has 0 fully saturated rings. The Morgan fingerprint density at radius 2 is 2.00 bits per heavy atom. The van der Waals surface area contributed by atoms with Gasteiger partial charge in [0.1, 0.15) is 11.5 Å². The van der Waals surface area contributed by atoms with Crippen molar-refractivity contribution in [3.8, 4) is 11.5 Å². The van der Waals surface area contributed by atoms with E-state index in [0.29, 0.717) is 11.5 Å². The zero-order chi connectivity index (χ0) is 14.3. The quantitative estimate of drug-likeness (QED) is 0.795. The van der Waals surface area contributed by atoms with E-state index in [-0.39, 0.29) is 6.04 Å². The van der Waals surface area contributed by atoms with Gasteiger partial charge in [-0.15, -0.1) is 0 Å². The molecule has 4 nitrogen and oxygen atoms in total. The summed E-state index contributed by atoms with van der Waals surface area (Å²) >= 11 is 0. The third-order valence-electron chi connectivity index (χ3n) is 2.94. The Bertz CT molecular complexity index is 423. The summed E-state index contributed by atoms with van der Waals surface area (Å²) in [6.45, 7) is 4.79. The van der Waals surface area contributed by atoms with Gasteiger partial charge in [0.25, 0.3) is 0 Å². The molecule has 0 bridgehead atoms. The first kappa shape index (κ1) is 16.0. The van der Waals surface area contributed by atoms with Crippen LogP contribution < -0.4 is 14.8 Å². The lowest BCUT2D eigenvalue weighted by Crippen LogP contribution is -2.27. The van der Waals surface area contributed by atoms with Gasteiger partial charge in [0, 0.05) is 40.0 Å². The molecular formula is C14H23NO3S. The second kappa shape index (κ2) is 8.17. The lowest BCUT2D eigenvalue weighted by Gasteiger charge is -2.20. The van der Waals surface area contributed by atoms with Crippen LogP contribution in [-0.2, 0) is 10.8 Å².